The Balaban J connectivity index is 2.82. The highest BCUT2D eigenvalue weighted by Crippen LogP contribution is 2.16. The maximum Gasteiger partial charge on any atom is 0.100 e. The molecule has 0 aromatic carbocycles. The topological polar surface area (TPSA) is 23.8 Å². The number of aryl methyl sites for hydroxylation is 1. The van der Waals surface area contributed by atoms with Crippen LogP contribution in [0.1, 0.15) is 10.4 Å². The fourth-order valence-corrected chi connectivity index (χ4v) is 1.85. The molecule has 0 fully saturated rings. The predicted molar refractivity (Wildman–Crippen MR) is 43.5 cm³/mol. The van der Waals surface area contributed by atoms with Crippen molar-refractivity contribution in [2.75, 3.05) is 5.88 Å². The van der Waals surface area contributed by atoms with Crippen LogP contribution < -0.4 is 0 Å². The van der Waals surface area contributed by atoms with Gasteiger partial charge in [-0.3, -0.25) is 0 Å². The first-order valence-corrected chi connectivity index (χ1v) is 4.32. The fraction of sp³-hybridized carbons (Fsp3) is 0.286. The number of hydrogen-bond donors (Lipinski definition) is 0. The fourth-order valence-electron chi connectivity index (χ4n) is 0.720. The van der Waals surface area contributed by atoms with Crippen molar-refractivity contribution in [1.29, 1.82) is 5.26 Å². The van der Waals surface area contributed by atoms with Crippen LogP contribution in [0.4, 0.5) is 0 Å². The molecule has 1 heterocycles. The van der Waals surface area contributed by atoms with Crippen LogP contribution >= 0.6 is 22.9 Å². The molecule has 0 unspecified atom stereocenters. The normalized spacial score (nSPS) is 9.20. The average Bonchev–Trinajstić information content (AvgIpc) is 2.36. The number of rotatable bonds is 2. The molecule has 0 saturated heterocycles. The number of nitriles is 1. The summed E-state index contributed by atoms with van der Waals surface area (Å²) < 4.78 is 0. The van der Waals surface area contributed by atoms with Crippen molar-refractivity contribution in [3.63, 3.8) is 0 Å². The van der Waals surface area contributed by atoms with Gasteiger partial charge < -0.3 is 0 Å². The van der Waals surface area contributed by atoms with Gasteiger partial charge in [0, 0.05) is 10.8 Å². The van der Waals surface area contributed by atoms with Crippen molar-refractivity contribution in [2.24, 2.45) is 0 Å². The van der Waals surface area contributed by atoms with Gasteiger partial charge in [0.15, 0.2) is 0 Å². The largest absolute Gasteiger partial charge is 0.192 e. The van der Waals surface area contributed by atoms with E-state index in [4.69, 9.17) is 16.9 Å². The van der Waals surface area contributed by atoms with Crippen LogP contribution in [0.2, 0.25) is 0 Å². The van der Waals surface area contributed by atoms with Gasteiger partial charge in [0.25, 0.3) is 0 Å². The molecule has 10 heavy (non-hydrogen) atoms. The molecule has 3 heteroatoms. The summed E-state index contributed by atoms with van der Waals surface area (Å²) in [4.78, 5) is 1.09. The Morgan fingerprint density at radius 2 is 2.50 bits per heavy atom. The maximum absolute atomic E-state index is 8.55. The monoisotopic (exact) mass is 171 g/mol. The van der Waals surface area contributed by atoms with Gasteiger partial charge in [-0.05, 0) is 17.9 Å². The zero-order valence-electron chi connectivity index (χ0n) is 5.30. The predicted octanol–water partition coefficient (Wildman–Crippen LogP) is 2.40. The third kappa shape index (κ3) is 1.50. The highest BCUT2D eigenvalue weighted by atomic mass is 35.5. The van der Waals surface area contributed by atoms with Crippen LogP contribution in [-0.4, -0.2) is 5.88 Å². The van der Waals surface area contributed by atoms with Gasteiger partial charge in [0.1, 0.15) is 6.07 Å². The van der Waals surface area contributed by atoms with Crippen LogP contribution in [0.3, 0.4) is 0 Å². The van der Waals surface area contributed by atoms with Crippen LogP contribution in [0.25, 0.3) is 0 Å². The standard InChI is InChI=1S/C7H6ClNS/c8-3-1-7-6(5-9)2-4-10-7/h2,4H,1,3H2. The summed E-state index contributed by atoms with van der Waals surface area (Å²) in [5, 5.41) is 10.5. The molecule has 0 aliphatic rings. The molecule has 1 aromatic rings. The summed E-state index contributed by atoms with van der Waals surface area (Å²) in [6.45, 7) is 0. The minimum atomic E-state index is 0.592. The third-order valence-electron chi connectivity index (χ3n) is 1.19. The van der Waals surface area contributed by atoms with Crippen molar-refractivity contribution < 1.29 is 0 Å². The summed E-state index contributed by atoms with van der Waals surface area (Å²) in [5.41, 5.74) is 0.769. The second kappa shape index (κ2) is 3.60. The number of nitrogens with zero attached hydrogens (tertiary/aromatic N) is 1. The van der Waals surface area contributed by atoms with Crippen LogP contribution in [-0.2, 0) is 6.42 Å². The van der Waals surface area contributed by atoms with Crippen molar-refractivity contribution >= 4 is 22.9 Å². The number of halogens is 1. The van der Waals surface area contributed by atoms with E-state index in [9.17, 15) is 0 Å². The smallest absolute Gasteiger partial charge is 0.100 e. The van der Waals surface area contributed by atoms with E-state index >= 15 is 0 Å². The van der Waals surface area contributed by atoms with E-state index in [1.165, 1.54) is 0 Å². The zero-order valence-corrected chi connectivity index (χ0v) is 6.87. The molecule has 1 aromatic heterocycles. The molecule has 0 radical (unpaired) electrons. The average molecular weight is 172 g/mol. The Morgan fingerprint density at radius 1 is 1.70 bits per heavy atom. The lowest BCUT2D eigenvalue weighted by atomic mass is 10.2. The number of alkyl halides is 1. The summed E-state index contributed by atoms with van der Waals surface area (Å²) in [5.74, 6) is 0.592. The van der Waals surface area contributed by atoms with Crippen molar-refractivity contribution in [2.45, 2.75) is 6.42 Å². The van der Waals surface area contributed by atoms with Crippen molar-refractivity contribution in [1.82, 2.24) is 0 Å². The molecule has 0 aliphatic heterocycles. The lowest BCUT2D eigenvalue weighted by Gasteiger charge is -1.89. The molecule has 1 rings (SSSR count). The highest BCUT2D eigenvalue weighted by Gasteiger charge is 2.00. The minimum absolute atomic E-state index is 0.592. The summed E-state index contributed by atoms with van der Waals surface area (Å²) >= 11 is 7.11. The molecule has 52 valence electrons. The van der Waals surface area contributed by atoms with Crippen molar-refractivity contribution in [3.05, 3.63) is 21.9 Å². The van der Waals surface area contributed by atoms with Gasteiger partial charge in [-0.2, -0.15) is 5.26 Å². The molecule has 0 atom stereocenters. The minimum Gasteiger partial charge on any atom is -0.192 e. The first-order chi connectivity index (χ1) is 4.88. The highest BCUT2D eigenvalue weighted by molar-refractivity contribution is 7.10. The number of hydrogen-bond acceptors (Lipinski definition) is 2. The van der Waals surface area contributed by atoms with Gasteiger partial charge in [-0.1, -0.05) is 0 Å². The zero-order chi connectivity index (χ0) is 7.40. The first kappa shape index (κ1) is 7.59. The SMILES string of the molecule is N#Cc1ccsc1CCCl. The molecule has 1 nitrogen and oxygen atoms in total. The van der Waals surface area contributed by atoms with Crippen LogP contribution in [0.5, 0.6) is 0 Å². The lowest BCUT2D eigenvalue weighted by Crippen LogP contribution is -1.83. The molecule has 0 N–H and O–H groups in total. The summed E-state index contributed by atoms with van der Waals surface area (Å²) in [7, 11) is 0. The Kier molecular flexibility index (Phi) is 2.73. The summed E-state index contributed by atoms with van der Waals surface area (Å²) in [6, 6.07) is 3.94. The molecular formula is C7H6ClNS. The van der Waals surface area contributed by atoms with E-state index in [-0.39, 0.29) is 0 Å². The van der Waals surface area contributed by atoms with Gasteiger partial charge in [0.05, 0.1) is 5.56 Å². The molecule has 0 saturated carbocycles. The van der Waals surface area contributed by atoms with Crippen molar-refractivity contribution in [3.8, 4) is 6.07 Å². The van der Waals surface area contributed by atoms with Crippen LogP contribution in [0.15, 0.2) is 11.4 Å². The Hall–Kier alpha value is -0.520. The van der Waals surface area contributed by atoms with E-state index in [0.717, 1.165) is 16.9 Å². The second-order valence-corrected chi connectivity index (χ2v) is 3.19. The van der Waals surface area contributed by atoms with Gasteiger partial charge in [-0.25, -0.2) is 0 Å². The molecule has 0 amide bonds. The van der Waals surface area contributed by atoms with Gasteiger partial charge in [-0.15, -0.1) is 22.9 Å². The Labute approximate surface area is 68.9 Å². The molecule has 0 spiro atoms. The lowest BCUT2D eigenvalue weighted by molar-refractivity contribution is 1.19. The Bertz CT molecular complexity index is 248. The van der Waals surface area contributed by atoms with E-state index in [1.54, 1.807) is 11.3 Å². The molecular weight excluding hydrogens is 166 g/mol. The molecule has 0 bridgehead atoms. The van der Waals surface area contributed by atoms with E-state index in [0.29, 0.717) is 5.88 Å². The van der Waals surface area contributed by atoms with E-state index < -0.39 is 0 Å². The molecule has 0 aliphatic carbocycles. The quantitative estimate of drug-likeness (QED) is 0.627. The summed E-state index contributed by atoms with van der Waals surface area (Å²) in [6.07, 6.45) is 0.808. The second-order valence-electron chi connectivity index (χ2n) is 1.81. The van der Waals surface area contributed by atoms with Gasteiger partial charge in [0.2, 0.25) is 0 Å². The third-order valence-corrected chi connectivity index (χ3v) is 2.36. The first-order valence-electron chi connectivity index (χ1n) is 2.91. The van der Waals surface area contributed by atoms with Crippen LogP contribution in [0, 0.1) is 11.3 Å². The Morgan fingerprint density at radius 3 is 3.10 bits per heavy atom. The van der Waals surface area contributed by atoms with Gasteiger partial charge >= 0.3 is 0 Å². The van der Waals surface area contributed by atoms with E-state index in [1.807, 2.05) is 11.4 Å². The maximum atomic E-state index is 8.55. The number of thiophene rings is 1. The van der Waals surface area contributed by atoms with E-state index in [2.05, 4.69) is 6.07 Å².